The van der Waals surface area contributed by atoms with E-state index in [1.165, 1.54) is 19.2 Å². The lowest BCUT2D eigenvalue weighted by Crippen LogP contribution is -2.54. The van der Waals surface area contributed by atoms with Gasteiger partial charge in [0.2, 0.25) is 0 Å². The summed E-state index contributed by atoms with van der Waals surface area (Å²) in [7, 11) is -2.75. The highest BCUT2D eigenvalue weighted by molar-refractivity contribution is 7.92. The van der Waals surface area contributed by atoms with Crippen molar-refractivity contribution in [2.24, 2.45) is 0 Å². The fourth-order valence-corrected chi connectivity index (χ4v) is 5.29. The van der Waals surface area contributed by atoms with Gasteiger partial charge in [-0.3, -0.25) is 4.72 Å². The van der Waals surface area contributed by atoms with Crippen LogP contribution in [0.15, 0.2) is 57.8 Å². The number of benzene rings is 2. The minimum atomic E-state index is -4.21. The second-order valence-electron chi connectivity index (χ2n) is 8.42. The van der Waals surface area contributed by atoms with Crippen LogP contribution in [0.5, 0.6) is 5.75 Å². The standard InChI is InChI=1S/C24H28FN3O4S/c1-15-13-28(14-16(2)26-15)19-7-9-23(31-4)21(12-19)27-33(29,30)24-10-6-18(11-20(24)25)22-8-5-17(3)32-22/h5-12,15-16,26-27H,13-14H2,1-4H3/t15-,16?/m1/s1. The molecule has 3 aromatic rings. The smallest absolute Gasteiger partial charge is 0.264 e. The van der Waals surface area contributed by atoms with E-state index in [1.807, 2.05) is 6.07 Å². The summed E-state index contributed by atoms with van der Waals surface area (Å²) in [5.41, 5.74) is 1.57. The second-order valence-corrected chi connectivity index (χ2v) is 10.1. The molecule has 1 unspecified atom stereocenters. The zero-order valence-corrected chi connectivity index (χ0v) is 19.9. The van der Waals surface area contributed by atoms with Crippen LogP contribution in [-0.4, -0.2) is 40.7 Å². The first kappa shape index (κ1) is 23.1. The van der Waals surface area contributed by atoms with Gasteiger partial charge in [-0.2, -0.15) is 0 Å². The van der Waals surface area contributed by atoms with Gasteiger partial charge in [0.25, 0.3) is 10.0 Å². The molecule has 1 aliphatic rings. The second kappa shape index (κ2) is 9.07. The molecule has 33 heavy (non-hydrogen) atoms. The maximum Gasteiger partial charge on any atom is 0.264 e. The van der Waals surface area contributed by atoms with Crippen molar-refractivity contribution in [2.75, 3.05) is 29.8 Å². The predicted molar refractivity (Wildman–Crippen MR) is 127 cm³/mol. The van der Waals surface area contributed by atoms with Gasteiger partial charge in [-0.1, -0.05) is 0 Å². The van der Waals surface area contributed by atoms with E-state index in [0.29, 0.717) is 34.9 Å². The number of methoxy groups -OCH3 is 1. The number of sulfonamides is 1. The van der Waals surface area contributed by atoms with E-state index in [1.54, 1.807) is 31.2 Å². The van der Waals surface area contributed by atoms with Gasteiger partial charge < -0.3 is 19.4 Å². The number of nitrogens with zero attached hydrogens (tertiary/aromatic N) is 1. The zero-order valence-electron chi connectivity index (χ0n) is 19.1. The molecule has 4 rings (SSSR count). The number of hydrogen-bond donors (Lipinski definition) is 2. The molecule has 0 amide bonds. The Bertz CT molecular complexity index is 1250. The van der Waals surface area contributed by atoms with Crippen LogP contribution in [0.4, 0.5) is 15.8 Å². The van der Waals surface area contributed by atoms with Crippen molar-refractivity contribution in [3.63, 3.8) is 0 Å². The first-order valence-electron chi connectivity index (χ1n) is 10.7. The van der Waals surface area contributed by atoms with E-state index in [9.17, 15) is 12.8 Å². The van der Waals surface area contributed by atoms with Gasteiger partial charge in [-0.05, 0) is 69.3 Å². The summed E-state index contributed by atoms with van der Waals surface area (Å²) in [4.78, 5) is 1.73. The molecule has 9 heteroatoms. The third kappa shape index (κ3) is 4.99. The highest BCUT2D eigenvalue weighted by Crippen LogP contribution is 2.33. The van der Waals surface area contributed by atoms with Crippen molar-refractivity contribution in [2.45, 2.75) is 37.8 Å². The Labute approximate surface area is 193 Å². The molecule has 0 spiro atoms. The van der Waals surface area contributed by atoms with E-state index in [4.69, 9.17) is 9.15 Å². The summed E-state index contributed by atoms with van der Waals surface area (Å²) in [5, 5.41) is 3.47. The quantitative estimate of drug-likeness (QED) is 0.553. The largest absolute Gasteiger partial charge is 0.495 e. The monoisotopic (exact) mass is 473 g/mol. The van der Waals surface area contributed by atoms with Crippen LogP contribution in [-0.2, 0) is 10.0 Å². The van der Waals surface area contributed by atoms with Crippen LogP contribution in [0.1, 0.15) is 19.6 Å². The number of ether oxygens (including phenoxy) is 1. The lowest BCUT2D eigenvalue weighted by atomic mass is 10.1. The molecule has 2 N–H and O–H groups in total. The Balaban J connectivity index is 1.63. The number of piperazine rings is 1. The van der Waals surface area contributed by atoms with Gasteiger partial charge in [-0.15, -0.1) is 0 Å². The average molecular weight is 474 g/mol. The molecule has 2 aromatic carbocycles. The van der Waals surface area contributed by atoms with Gasteiger partial charge >= 0.3 is 0 Å². The molecule has 0 aliphatic carbocycles. The lowest BCUT2D eigenvalue weighted by Gasteiger charge is -2.38. The van der Waals surface area contributed by atoms with E-state index in [-0.39, 0.29) is 5.69 Å². The predicted octanol–water partition coefficient (Wildman–Crippen LogP) is 4.39. The molecule has 1 fully saturated rings. The summed E-state index contributed by atoms with van der Waals surface area (Å²) >= 11 is 0. The number of nitrogens with one attached hydrogen (secondary N) is 2. The van der Waals surface area contributed by atoms with E-state index >= 15 is 0 Å². The first-order chi connectivity index (χ1) is 15.7. The fourth-order valence-electron chi connectivity index (χ4n) is 4.17. The van der Waals surface area contributed by atoms with Gasteiger partial charge in [0, 0.05) is 36.4 Å². The minimum Gasteiger partial charge on any atom is -0.495 e. The molecule has 0 saturated carbocycles. The van der Waals surface area contributed by atoms with Crippen LogP contribution in [0, 0.1) is 12.7 Å². The third-order valence-electron chi connectivity index (χ3n) is 5.60. The maximum atomic E-state index is 14.9. The fraction of sp³-hybridized carbons (Fsp3) is 0.333. The van der Waals surface area contributed by atoms with E-state index < -0.39 is 20.7 Å². The van der Waals surface area contributed by atoms with Gasteiger partial charge in [0.1, 0.15) is 28.0 Å². The van der Waals surface area contributed by atoms with Crippen LogP contribution < -0.4 is 19.7 Å². The lowest BCUT2D eigenvalue weighted by molar-refractivity contribution is 0.406. The summed E-state index contributed by atoms with van der Waals surface area (Å²) < 4.78 is 54.4. The molecule has 0 bridgehead atoms. The van der Waals surface area contributed by atoms with Crippen molar-refractivity contribution in [3.05, 3.63) is 60.1 Å². The molecule has 176 valence electrons. The van der Waals surface area contributed by atoms with Crippen molar-refractivity contribution in [3.8, 4) is 17.1 Å². The highest BCUT2D eigenvalue weighted by atomic mass is 32.2. The molecule has 0 radical (unpaired) electrons. The van der Waals surface area contributed by atoms with Crippen molar-refractivity contribution < 1.29 is 22.0 Å². The van der Waals surface area contributed by atoms with Crippen molar-refractivity contribution in [1.82, 2.24) is 5.32 Å². The summed E-state index contributed by atoms with van der Waals surface area (Å²) in [6.45, 7) is 7.56. The van der Waals surface area contributed by atoms with Gasteiger partial charge in [-0.25, -0.2) is 12.8 Å². The first-order valence-corrected chi connectivity index (χ1v) is 12.2. The Morgan fingerprint density at radius 1 is 1.09 bits per heavy atom. The van der Waals surface area contributed by atoms with Crippen molar-refractivity contribution >= 4 is 21.4 Å². The maximum absolute atomic E-state index is 14.9. The van der Waals surface area contributed by atoms with Gasteiger partial charge in [0.05, 0.1) is 12.8 Å². The number of halogens is 1. The molecule has 7 nitrogen and oxygen atoms in total. The topological polar surface area (TPSA) is 83.8 Å². The third-order valence-corrected chi connectivity index (χ3v) is 7.00. The Morgan fingerprint density at radius 3 is 2.42 bits per heavy atom. The summed E-state index contributed by atoms with van der Waals surface area (Å²) in [6.07, 6.45) is 0. The number of rotatable bonds is 6. The normalized spacial score (nSPS) is 18.9. The Kier molecular flexibility index (Phi) is 6.36. The van der Waals surface area contributed by atoms with Crippen molar-refractivity contribution in [1.29, 1.82) is 0 Å². The van der Waals surface area contributed by atoms with Crippen LogP contribution in [0.25, 0.3) is 11.3 Å². The number of anilines is 2. The molecular formula is C24H28FN3O4S. The van der Waals surface area contributed by atoms with Crippen LogP contribution >= 0.6 is 0 Å². The van der Waals surface area contributed by atoms with E-state index in [2.05, 4.69) is 28.8 Å². The zero-order chi connectivity index (χ0) is 23.8. The molecule has 1 aromatic heterocycles. The molecule has 2 heterocycles. The van der Waals surface area contributed by atoms with Crippen LogP contribution in [0.3, 0.4) is 0 Å². The van der Waals surface area contributed by atoms with E-state index in [0.717, 1.165) is 24.8 Å². The molecule has 2 atom stereocenters. The number of furan rings is 1. The van der Waals surface area contributed by atoms with Crippen LogP contribution in [0.2, 0.25) is 0 Å². The molecular weight excluding hydrogens is 445 g/mol. The molecule has 1 saturated heterocycles. The number of aryl methyl sites for hydroxylation is 1. The highest BCUT2D eigenvalue weighted by Gasteiger charge is 2.25. The summed E-state index contributed by atoms with van der Waals surface area (Å²) in [5.74, 6) is 0.636. The molecule has 1 aliphatic heterocycles. The van der Waals surface area contributed by atoms with Gasteiger partial charge in [0.15, 0.2) is 0 Å². The number of hydrogen-bond acceptors (Lipinski definition) is 6. The SMILES string of the molecule is COc1ccc(N2CC(C)N[C@H](C)C2)cc1NS(=O)(=O)c1ccc(-c2ccc(C)o2)cc1F. The minimum absolute atomic E-state index is 0.249. The Hall–Kier alpha value is -3.04. The summed E-state index contributed by atoms with van der Waals surface area (Å²) in [6, 6.07) is 13.3. The Morgan fingerprint density at radius 2 is 1.82 bits per heavy atom. The average Bonchev–Trinajstić information content (AvgIpc) is 3.19.